The van der Waals surface area contributed by atoms with Gasteiger partial charge in [-0.25, -0.2) is 0 Å². The minimum absolute atomic E-state index is 0.155. The van der Waals surface area contributed by atoms with Crippen LogP contribution < -0.4 is 0 Å². The van der Waals surface area contributed by atoms with E-state index in [1.54, 1.807) is 11.8 Å². The molecule has 0 heterocycles. The molecule has 110 valence electrons. The molecule has 1 unspecified atom stereocenters. The Labute approximate surface area is 130 Å². The molecule has 0 aliphatic heterocycles. The van der Waals surface area contributed by atoms with E-state index in [2.05, 4.69) is 19.1 Å². The molecule has 0 spiro atoms. The molecular weight excluding hydrogens is 280 g/mol. The van der Waals surface area contributed by atoms with Crippen LogP contribution in [0.5, 0.6) is 0 Å². The summed E-state index contributed by atoms with van der Waals surface area (Å²) >= 11 is 1.61. The molecule has 0 fully saturated rings. The molecule has 0 saturated heterocycles. The Balaban J connectivity index is 1.79. The van der Waals surface area contributed by atoms with Gasteiger partial charge in [0, 0.05) is 5.75 Å². The fraction of sp³-hybridized carbons (Fsp3) is 0.278. The quantitative estimate of drug-likeness (QED) is 0.741. The molecule has 0 aliphatic carbocycles. The molecule has 3 heteroatoms. The number of carbonyl (C=O) groups excluding carboxylic acids is 1. The summed E-state index contributed by atoms with van der Waals surface area (Å²) in [6.45, 7) is 4.33. The number of thioether (sulfide) groups is 1. The van der Waals surface area contributed by atoms with Crippen LogP contribution >= 0.6 is 11.8 Å². The molecule has 0 saturated carbocycles. The van der Waals surface area contributed by atoms with Crippen molar-refractivity contribution in [2.45, 2.75) is 31.5 Å². The first-order chi connectivity index (χ1) is 10.2. The van der Waals surface area contributed by atoms with Crippen molar-refractivity contribution in [2.75, 3.05) is 0 Å². The second kappa shape index (κ2) is 7.89. The first-order valence-electron chi connectivity index (χ1n) is 7.03. The predicted octanol–water partition coefficient (Wildman–Crippen LogP) is 4.36. The summed E-state index contributed by atoms with van der Waals surface area (Å²) in [7, 11) is 0. The third-order valence-corrected chi connectivity index (χ3v) is 4.48. The van der Waals surface area contributed by atoms with Gasteiger partial charge in [0.2, 0.25) is 0 Å². The average Bonchev–Trinajstić information content (AvgIpc) is 2.52. The van der Waals surface area contributed by atoms with Crippen molar-refractivity contribution in [1.29, 1.82) is 0 Å². The third kappa shape index (κ3) is 4.94. The first-order valence-corrected chi connectivity index (χ1v) is 8.08. The highest BCUT2D eigenvalue weighted by Crippen LogP contribution is 2.21. The Morgan fingerprint density at radius 1 is 1.10 bits per heavy atom. The summed E-state index contributed by atoms with van der Waals surface area (Å²) in [5.74, 6) is 0.673. The van der Waals surface area contributed by atoms with Gasteiger partial charge in [-0.1, -0.05) is 54.6 Å². The molecular formula is C18H20O2S. The first kappa shape index (κ1) is 15.6. The van der Waals surface area contributed by atoms with Crippen molar-refractivity contribution in [3.8, 4) is 0 Å². The largest absolute Gasteiger partial charge is 0.460 e. The zero-order valence-electron chi connectivity index (χ0n) is 12.4. The van der Waals surface area contributed by atoms with E-state index in [1.165, 1.54) is 11.1 Å². The molecule has 0 N–H and O–H groups in total. The molecule has 0 aromatic heterocycles. The van der Waals surface area contributed by atoms with Crippen molar-refractivity contribution in [3.05, 3.63) is 71.3 Å². The lowest BCUT2D eigenvalue weighted by Crippen LogP contribution is -2.17. The fourth-order valence-electron chi connectivity index (χ4n) is 1.90. The number of esters is 1. The van der Waals surface area contributed by atoms with Crippen LogP contribution in [0.15, 0.2) is 54.6 Å². The Morgan fingerprint density at radius 3 is 2.48 bits per heavy atom. The maximum absolute atomic E-state index is 12.0. The lowest BCUT2D eigenvalue weighted by atomic mass is 10.1. The number of hydrogen-bond acceptors (Lipinski definition) is 3. The standard InChI is InChI=1S/C18H20O2S/c1-14-8-6-7-11-17(14)13-21-15(2)18(19)20-12-16-9-4-3-5-10-16/h3-11,15H,12-13H2,1-2H3. The summed E-state index contributed by atoms with van der Waals surface area (Å²) in [6, 6.07) is 18.0. The van der Waals surface area contributed by atoms with E-state index in [0.29, 0.717) is 6.61 Å². The lowest BCUT2D eigenvalue weighted by molar-refractivity contribution is -0.143. The lowest BCUT2D eigenvalue weighted by Gasteiger charge is -2.12. The second-order valence-corrected chi connectivity index (χ2v) is 6.30. The van der Waals surface area contributed by atoms with Gasteiger partial charge in [0.1, 0.15) is 6.61 Å². The summed E-state index contributed by atoms with van der Waals surface area (Å²) in [4.78, 5) is 12.0. The van der Waals surface area contributed by atoms with Crippen LogP contribution in [0.1, 0.15) is 23.6 Å². The molecule has 0 radical (unpaired) electrons. The monoisotopic (exact) mass is 300 g/mol. The van der Waals surface area contributed by atoms with Gasteiger partial charge in [-0.15, -0.1) is 11.8 Å². The van der Waals surface area contributed by atoms with E-state index in [4.69, 9.17) is 4.74 Å². The predicted molar refractivity (Wildman–Crippen MR) is 88.2 cm³/mol. The number of ether oxygens (including phenoxy) is 1. The van der Waals surface area contributed by atoms with E-state index < -0.39 is 0 Å². The molecule has 1 atom stereocenters. The van der Waals surface area contributed by atoms with Crippen molar-refractivity contribution < 1.29 is 9.53 Å². The number of aryl methyl sites for hydroxylation is 1. The SMILES string of the molecule is Cc1ccccc1CSC(C)C(=O)OCc1ccccc1. The highest BCUT2D eigenvalue weighted by Gasteiger charge is 2.15. The summed E-state index contributed by atoms with van der Waals surface area (Å²) in [5.41, 5.74) is 3.54. The number of benzene rings is 2. The molecule has 2 aromatic rings. The van der Waals surface area contributed by atoms with Crippen LogP contribution in [0.25, 0.3) is 0 Å². The second-order valence-electron chi connectivity index (χ2n) is 4.97. The van der Waals surface area contributed by atoms with Gasteiger partial charge in [-0.2, -0.15) is 0 Å². The van der Waals surface area contributed by atoms with Gasteiger partial charge in [0.05, 0.1) is 5.25 Å². The Morgan fingerprint density at radius 2 is 1.76 bits per heavy atom. The molecule has 2 aromatic carbocycles. The smallest absolute Gasteiger partial charge is 0.319 e. The summed E-state index contributed by atoms with van der Waals surface area (Å²) in [6.07, 6.45) is 0. The van der Waals surface area contributed by atoms with E-state index >= 15 is 0 Å². The van der Waals surface area contributed by atoms with Crippen molar-refractivity contribution in [2.24, 2.45) is 0 Å². The molecule has 2 nitrogen and oxygen atoms in total. The van der Waals surface area contributed by atoms with Crippen molar-refractivity contribution >= 4 is 17.7 Å². The number of hydrogen-bond donors (Lipinski definition) is 0. The average molecular weight is 300 g/mol. The van der Waals surface area contributed by atoms with Gasteiger partial charge >= 0.3 is 5.97 Å². The summed E-state index contributed by atoms with van der Waals surface area (Å²) < 4.78 is 5.35. The summed E-state index contributed by atoms with van der Waals surface area (Å²) in [5, 5.41) is -0.159. The molecule has 2 rings (SSSR count). The van der Waals surface area contributed by atoms with Gasteiger partial charge < -0.3 is 4.74 Å². The van der Waals surface area contributed by atoms with Gasteiger partial charge in [-0.3, -0.25) is 4.79 Å². The fourth-order valence-corrected chi connectivity index (χ4v) is 2.86. The van der Waals surface area contributed by atoms with Crippen molar-refractivity contribution in [3.63, 3.8) is 0 Å². The third-order valence-electron chi connectivity index (χ3n) is 3.31. The maximum Gasteiger partial charge on any atom is 0.319 e. The van der Waals surface area contributed by atoms with Gasteiger partial charge in [-0.05, 0) is 30.5 Å². The normalized spacial score (nSPS) is 11.9. The Kier molecular flexibility index (Phi) is 5.88. The highest BCUT2D eigenvalue weighted by molar-refractivity contribution is 7.99. The van der Waals surface area contributed by atoms with Crippen LogP contribution in [0.4, 0.5) is 0 Å². The van der Waals surface area contributed by atoms with Crippen LogP contribution in [-0.4, -0.2) is 11.2 Å². The molecule has 21 heavy (non-hydrogen) atoms. The topological polar surface area (TPSA) is 26.3 Å². The molecule has 0 bridgehead atoms. The molecule has 0 amide bonds. The van der Waals surface area contributed by atoms with E-state index in [1.807, 2.05) is 49.4 Å². The van der Waals surface area contributed by atoms with Crippen LogP contribution in [0, 0.1) is 6.92 Å². The Bertz CT molecular complexity index is 581. The zero-order valence-corrected chi connectivity index (χ0v) is 13.2. The van der Waals surface area contributed by atoms with Gasteiger partial charge in [0.15, 0.2) is 0 Å². The van der Waals surface area contributed by atoms with Crippen LogP contribution in [-0.2, 0) is 21.9 Å². The van der Waals surface area contributed by atoms with E-state index in [9.17, 15) is 4.79 Å². The highest BCUT2D eigenvalue weighted by atomic mass is 32.2. The van der Waals surface area contributed by atoms with E-state index in [0.717, 1.165) is 11.3 Å². The van der Waals surface area contributed by atoms with Crippen LogP contribution in [0.2, 0.25) is 0 Å². The molecule has 0 aliphatic rings. The minimum atomic E-state index is -0.159. The van der Waals surface area contributed by atoms with Gasteiger partial charge in [0.25, 0.3) is 0 Å². The number of carbonyl (C=O) groups is 1. The van der Waals surface area contributed by atoms with Crippen molar-refractivity contribution in [1.82, 2.24) is 0 Å². The van der Waals surface area contributed by atoms with Crippen LogP contribution in [0.3, 0.4) is 0 Å². The zero-order chi connectivity index (χ0) is 15.1. The maximum atomic E-state index is 12.0. The number of rotatable bonds is 6. The Hall–Kier alpha value is -1.74. The minimum Gasteiger partial charge on any atom is -0.460 e. The van der Waals surface area contributed by atoms with E-state index in [-0.39, 0.29) is 11.2 Å².